The van der Waals surface area contributed by atoms with Crippen molar-refractivity contribution < 1.29 is 0 Å². The molecular formula is C57H56N4S. The second-order valence-electron chi connectivity index (χ2n) is 19.0. The maximum Gasteiger partial charge on any atom is 0.171 e. The van der Waals surface area contributed by atoms with Gasteiger partial charge in [-0.2, -0.15) is 0 Å². The molecule has 7 aliphatic rings. The Bertz CT molecular complexity index is 2750. The van der Waals surface area contributed by atoms with Crippen LogP contribution in [0.15, 0.2) is 115 Å². The van der Waals surface area contributed by atoms with Crippen molar-refractivity contribution >= 4 is 38.3 Å². The van der Waals surface area contributed by atoms with Gasteiger partial charge in [-0.15, -0.1) is 11.3 Å². The van der Waals surface area contributed by atoms with E-state index in [4.69, 9.17) is 15.0 Å². The van der Waals surface area contributed by atoms with Gasteiger partial charge in [0.2, 0.25) is 0 Å². The van der Waals surface area contributed by atoms with Crippen LogP contribution in [0, 0.1) is 35.5 Å². The third kappa shape index (κ3) is 6.94. The topological polar surface area (TPSA) is 41.9 Å². The molecule has 0 saturated carbocycles. The normalized spacial score (nSPS) is 27.5. The van der Waals surface area contributed by atoms with Crippen molar-refractivity contribution in [3.8, 4) is 34.4 Å². The fourth-order valence-electron chi connectivity index (χ4n) is 12.5. The number of fused-ring (bicyclic) bond motifs is 7. The Hall–Kier alpha value is -5.31. The van der Waals surface area contributed by atoms with Gasteiger partial charge in [0.05, 0.1) is 11.6 Å². The van der Waals surface area contributed by atoms with Crippen LogP contribution in [0.1, 0.15) is 130 Å². The zero-order chi connectivity index (χ0) is 41.0. The van der Waals surface area contributed by atoms with Crippen LogP contribution in [0.25, 0.3) is 43.7 Å². The van der Waals surface area contributed by atoms with Crippen LogP contribution in [0.4, 0.5) is 5.69 Å². The van der Waals surface area contributed by atoms with Gasteiger partial charge in [-0.05, 0) is 171 Å². The zero-order valence-corrected chi connectivity index (χ0v) is 36.6. The number of allylic oxidation sites excluding steroid dienone is 9. The van der Waals surface area contributed by atoms with E-state index in [2.05, 4.69) is 132 Å². The lowest BCUT2D eigenvalue weighted by atomic mass is 9.74. The van der Waals surface area contributed by atoms with Crippen LogP contribution in [0.3, 0.4) is 0 Å². The number of hydrogen-bond acceptors (Lipinski definition) is 5. The lowest BCUT2D eigenvalue weighted by Crippen LogP contribution is -2.35. The van der Waals surface area contributed by atoms with Gasteiger partial charge in [0, 0.05) is 39.2 Å². The second kappa shape index (κ2) is 16.4. The lowest BCUT2D eigenvalue weighted by molar-refractivity contribution is 0.308. The molecule has 1 saturated heterocycles. The monoisotopic (exact) mass is 828 g/mol. The van der Waals surface area contributed by atoms with E-state index in [0.29, 0.717) is 35.8 Å². The van der Waals surface area contributed by atoms with Gasteiger partial charge in [0.15, 0.2) is 11.6 Å². The first-order chi connectivity index (χ1) is 30.7. The fourth-order valence-corrected chi connectivity index (χ4v) is 13.8. The molecule has 5 aromatic rings. The summed E-state index contributed by atoms with van der Waals surface area (Å²) in [7, 11) is 0. The lowest BCUT2D eigenvalue weighted by Gasteiger charge is -2.36. The average molecular weight is 829 g/mol. The minimum Gasteiger partial charge on any atom is -0.361 e. The molecule has 310 valence electrons. The molecule has 62 heavy (non-hydrogen) atoms. The van der Waals surface area contributed by atoms with E-state index in [1.165, 1.54) is 83.0 Å². The van der Waals surface area contributed by atoms with E-state index in [1.54, 1.807) is 10.4 Å². The van der Waals surface area contributed by atoms with Gasteiger partial charge in [0.25, 0.3) is 0 Å². The molecule has 5 heteroatoms. The molecule has 7 atom stereocenters. The molecule has 3 aromatic carbocycles. The Kier molecular flexibility index (Phi) is 10.2. The highest BCUT2D eigenvalue weighted by Crippen LogP contribution is 2.58. The van der Waals surface area contributed by atoms with Crippen LogP contribution in [0.2, 0.25) is 0 Å². The molecule has 0 bridgehead atoms. The predicted molar refractivity (Wildman–Crippen MR) is 258 cm³/mol. The number of para-hydroxylation sites is 1. The second-order valence-corrected chi connectivity index (χ2v) is 20.2. The molecule has 0 amide bonds. The average Bonchev–Trinajstić information content (AvgIpc) is 3.90. The zero-order valence-electron chi connectivity index (χ0n) is 35.8. The van der Waals surface area contributed by atoms with E-state index < -0.39 is 0 Å². The third-order valence-electron chi connectivity index (χ3n) is 15.5. The summed E-state index contributed by atoms with van der Waals surface area (Å²) < 4.78 is 1.40. The molecule has 7 unspecified atom stereocenters. The molecule has 0 N–H and O–H groups in total. The predicted octanol–water partition coefficient (Wildman–Crippen LogP) is 14.4. The number of anilines is 1. The van der Waals surface area contributed by atoms with Crippen molar-refractivity contribution in [1.29, 1.82) is 0 Å². The summed E-state index contributed by atoms with van der Waals surface area (Å²) in [6.45, 7) is 0. The standard InChI is InChI=1S/C57H56N4S/c1-5-16-37(17-6-1)40-22-15-23-41(34-40)42-28-30-45(49(35-42)57-59-55(38-18-7-2-8-19-38)58-56(60-57)39-20-9-3-10-21-39)43-29-31-48-52(36-43)62-51-33-32-47-46-26-13-14-27-50(46)61(54(47)53(48)51)44-24-11-4-12-25-44/h2,4-5,7,11-14,16,20,23-25,28-31,35-38,40,46-47,50,54H,1,3,6,8-9,15,17-19,22,26-27,32-34H2. The number of aryl methyl sites for hydroxylation is 1. The minimum atomic E-state index is 0.276. The van der Waals surface area contributed by atoms with Crippen LogP contribution in [0.5, 0.6) is 0 Å². The highest BCUT2D eigenvalue weighted by Gasteiger charge is 2.51. The number of nitrogens with zero attached hydrogens (tertiary/aromatic N) is 4. The molecule has 1 aliphatic heterocycles. The third-order valence-corrected chi connectivity index (χ3v) is 16.8. The van der Waals surface area contributed by atoms with Crippen LogP contribution in [-0.4, -0.2) is 21.0 Å². The Morgan fingerprint density at radius 1 is 0.694 bits per heavy atom. The quantitative estimate of drug-likeness (QED) is 0.121. The fraction of sp³-hybridized carbons (Fsp3) is 0.386. The molecule has 0 spiro atoms. The van der Waals surface area contributed by atoms with Crippen molar-refractivity contribution in [2.24, 2.45) is 23.7 Å². The number of thiophene rings is 1. The number of benzene rings is 3. The van der Waals surface area contributed by atoms with E-state index in [9.17, 15) is 0 Å². The molecule has 6 aliphatic carbocycles. The van der Waals surface area contributed by atoms with E-state index in [0.717, 1.165) is 80.0 Å². The number of rotatable bonds is 7. The first-order valence-electron chi connectivity index (χ1n) is 23.9. The van der Waals surface area contributed by atoms with E-state index >= 15 is 0 Å². The number of aromatic nitrogens is 3. The highest BCUT2D eigenvalue weighted by molar-refractivity contribution is 7.19. The van der Waals surface area contributed by atoms with Gasteiger partial charge >= 0.3 is 0 Å². The Labute approximate surface area is 371 Å². The molecule has 0 radical (unpaired) electrons. The smallest absolute Gasteiger partial charge is 0.171 e. The van der Waals surface area contributed by atoms with Gasteiger partial charge < -0.3 is 4.90 Å². The van der Waals surface area contributed by atoms with Crippen molar-refractivity contribution in [3.63, 3.8) is 0 Å². The summed E-state index contributed by atoms with van der Waals surface area (Å²) >= 11 is 2.04. The number of hydrogen-bond donors (Lipinski definition) is 0. The van der Waals surface area contributed by atoms with Crippen molar-refractivity contribution in [1.82, 2.24) is 15.0 Å². The van der Waals surface area contributed by atoms with Gasteiger partial charge in [-0.3, -0.25) is 0 Å². The van der Waals surface area contributed by atoms with Crippen LogP contribution in [-0.2, 0) is 6.42 Å². The first kappa shape index (κ1) is 38.4. The Balaban J connectivity index is 0.986. The summed E-state index contributed by atoms with van der Waals surface area (Å²) in [5.41, 5.74) is 10.3. The summed E-state index contributed by atoms with van der Waals surface area (Å²) in [5, 5.41) is 1.45. The Morgan fingerprint density at radius 3 is 2.47 bits per heavy atom. The molecule has 1 fully saturated rings. The molecule has 2 aromatic heterocycles. The summed E-state index contributed by atoms with van der Waals surface area (Å²) in [6.07, 6.45) is 36.4. The van der Waals surface area contributed by atoms with Crippen LogP contribution >= 0.6 is 11.3 Å². The summed E-state index contributed by atoms with van der Waals surface area (Å²) in [6, 6.07) is 26.9. The first-order valence-corrected chi connectivity index (χ1v) is 24.7. The molecular weight excluding hydrogens is 773 g/mol. The molecule has 4 nitrogen and oxygen atoms in total. The van der Waals surface area contributed by atoms with E-state index in [-0.39, 0.29) is 5.92 Å². The minimum absolute atomic E-state index is 0.276. The van der Waals surface area contributed by atoms with Gasteiger partial charge in [0.1, 0.15) is 5.82 Å². The molecule has 12 rings (SSSR count). The van der Waals surface area contributed by atoms with Crippen LogP contribution < -0.4 is 4.90 Å². The van der Waals surface area contributed by atoms with Crippen molar-refractivity contribution in [2.45, 2.75) is 114 Å². The molecule has 3 heterocycles. The van der Waals surface area contributed by atoms with Gasteiger partial charge in [-0.1, -0.05) is 103 Å². The largest absolute Gasteiger partial charge is 0.361 e. The van der Waals surface area contributed by atoms with Crippen molar-refractivity contribution in [3.05, 3.63) is 143 Å². The maximum atomic E-state index is 5.44. The SMILES string of the molecule is C1#CC(c2nc(-c3cc(C4=CCCC(C5C=CCCC5)C4)ccc3-c3ccc4c5c(sc4c3)CCC3C4CC=CCC4N(c4ccccc4)C53)nc(C3CC=CCC3)n2)=CCC1. The Morgan fingerprint density at radius 2 is 1.60 bits per heavy atom. The van der Waals surface area contributed by atoms with Gasteiger partial charge in [-0.25, -0.2) is 15.0 Å². The van der Waals surface area contributed by atoms with Crippen molar-refractivity contribution in [2.75, 3.05) is 4.90 Å². The summed E-state index contributed by atoms with van der Waals surface area (Å²) in [5.74, 6) is 12.2. The van der Waals surface area contributed by atoms with E-state index in [1.807, 2.05) is 11.3 Å². The highest BCUT2D eigenvalue weighted by atomic mass is 32.1. The maximum absolute atomic E-state index is 5.44. The summed E-state index contributed by atoms with van der Waals surface area (Å²) in [4.78, 5) is 20.4.